The molecule has 0 rings (SSSR count). The molecule has 0 heterocycles. The van der Waals surface area contributed by atoms with Gasteiger partial charge in [0, 0.05) is 12.8 Å². The Labute approximate surface area is 302 Å². The molecule has 286 valence electrons. The molecule has 2 atom stereocenters. The molecule has 0 aliphatic rings. The van der Waals surface area contributed by atoms with Gasteiger partial charge in [0.15, 0.2) is 6.10 Å². The highest BCUT2D eigenvalue weighted by atomic mass is 31.2. The van der Waals surface area contributed by atoms with Crippen LogP contribution in [-0.4, -0.2) is 52.3 Å². The van der Waals surface area contributed by atoms with E-state index in [-0.39, 0.29) is 19.4 Å². The fraction of sp³-hybridized carbons (Fsp3) is 0.650. The van der Waals surface area contributed by atoms with Crippen LogP contribution in [0.5, 0.6) is 0 Å². The van der Waals surface area contributed by atoms with Crippen LogP contribution in [0.2, 0.25) is 0 Å². The van der Waals surface area contributed by atoms with Gasteiger partial charge in [-0.3, -0.25) is 14.1 Å². The fourth-order valence-electron chi connectivity index (χ4n) is 4.78. The zero-order valence-electron chi connectivity index (χ0n) is 30.9. The van der Waals surface area contributed by atoms with Crippen molar-refractivity contribution in [3.63, 3.8) is 0 Å². The van der Waals surface area contributed by atoms with E-state index in [1.165, 1.54) is 51.4 Å². The summed E-state index contributed by atoms with van der Waals surface area (Å²) in [4.78, 5) is 42.6. The Morgan fingerprint density at radius 1 is 0.640 bits per heavy atom. The van der Waals surface area contributed by atoms with Gasteiger partial charge in [-0.05, 0) is 44.9 Å². The van der Waals surface area contributed by atoms with Crippen LogP contribution in [0.1, 0.15) is 142 Å². The topological polar surface area (TPSA) is 140 Å². The molecule has 10 heteroatoms. The Kier molecular flexibility index (Phi) is 33.1. The molecule has 0 amide bonds. The average molecular weight is 723 g/mol. The highest BCUT2D eigenvalue weighted by Gasteiger charge is 2.22. The van der Waals surface area contributed by atoms with Crippen LogP contribution in [0.15, 0.2) is 72.9 Å². The second-order valence-corrected chi connectivity index (χ2v) is 13.6. The van der Waals surface area contributed by atoms with Gasteiger partial charge in [-0.1, -0.05) is 157 Å². The minimum atomic E-state index is -4.79. The molecule has 0 saturated carbocycles. The normalized spacial score (nSPS) is 13.9. The van der Waals surface area contributed by atoms with Crippen LogP contribution in [0.25, 0.3) is 0 Å². The van der Waals surface area contributed by atoms with Gasteiger partial charge in [0.05, 0.1) is 12.7 Å². The van der Waals surface area contributed by atoms with Gasteiger partial charge in [0.25, 0.3) is 0 Å². The monoisotopic (exact) mass is 722 g/mol. The molecular weight excluding hydrogens is 655 g/mol. The Balaban J connectivity index is 4.21. The predicted molar refractivity (Wildman–Crippen MR) is 203 cm³/mol. The molecule has 0 bridgehead atoms. The van der Waals surface area contributed by atoms with Gasteiger partial charge >= 0.3 is 19.8 Å². The number of aliphatic hydroxyl groups excluding tert-OH is 1. The molecule has 0 aromatic heterocycles. The number of carbonyl (C=O) groups excluding carboxylic acids is 2. The summed E-state index contributed by atoms with van der Waals surface area (Å²) in [6.45, 7) is 3.39. The van der Waals surface area contributed by atoms with E-state index in [0.29, 0.717) is 19.3 Å². The largest absolute Gasteiger partial charge is 0.469 e. The van der Waals surface area contributed by atoms with Gasteiger partial charge in [-0.15, -0.1) is 0 Å². The van der Waals surface area contributed by atoms with E-state index >= 15 is 0 Å². The molecule has 0 aliphatic carbocycles. The predicted octanol–water partition coefficient (Wildman–Crippen LogP) is 10.1. The molecular formula is C40H67O9P. The SMILES string of the molecule is CC/C=C\C/C=C\C/C=C\C/C=C\C=C/C(O)C/C=C\CCC(=O)OC[C@H](COP(=O)(O)O)OC(=O)CCCCCCCCCCCCCC. The number of carbonyl (C=O) groups is 2. The molecule has 3 N–H and O–H groups in total. The summed E-state index contributed by atoms with van der Waals surface area (Å²) >= 11 is 0. The van der Waals surface area contributed by atoms with E-state index in [9.17, 15) is 19.3 Å². The lowest BCUT2D eigenvalue weighted by Gasteiger charge is -2.18. The summed E-state index contributed by atoms with van der Waals surface area (Å²) in [5, 5.41) is 10.1. The summed E-state index contributed by atoms with van der Waals surface area (Å²) in [7, 11) is -4.79. The van der Waals surface area contributed by atoms with Crippen molar-refractivity contribution in [3.8, 4) is 0 Å². The molecule has 50 heavy (non-hydrogen) atoms. The first-order chi connectivity index (χ1) is 24.2. The summed E-state index contributed by atoms with van der Waals surface area (Å²) in [6, 6.07) is 0. The number of aliphatic hydroxyl groups is 1. The third-order valence-corrected chi connectivity index (χ3v) is 8.07. The second kappa shape index (κ2) is 34.9. The van der Waals surface area contributed by atoms with Crippen molar-refractivity contribution in [3.05, 3.63) is 72.9 Å². The van der Waals surface area contributed by atoms with Crippen LogP contribution in [-0.2, 0) is 28.2 Å². The smallest absolute Gasteiger partial charge is 0.462 e. The highest BCUT2D eigenvalue weighted by Crippen LogP contribution is 2.36. The second-order valence-electron chi connectivity index (χ2n) is 12.4. The van der Waals surface area contributed by atoms with Gasteiger partial charge in [-0.2, -0.15) is 0 Å². The van der Waals surface area contributed by atoms with Crippen LogP contribution in [0, 0.1) is 0 Å². The van der Waals surface area contributed by atoms with Crippen molar-refractivity contribution >= 4 is 19.8 Å². The lowest BCUT2D eigenvalue weighted by molar-refractivity contribution is -0.161. The minimum absolute atomic E-state index is 0.0588. The summed E-state index contributed by atoms with van der Waals surface area (Å²) in [5.41, 5.74) is 0. The highest BCUT2D eigenvalue weighted by molar-refractivity contribution is 7.46. The molecule has 0 spiro atoms. The van der Waals surface area contributed by atoms with Crippen molar-refractivity contribution < 1.29 is 43.0 Å². The van der Waals surface area contributed by atoms with Gasteiger partial charge in [-0.25, -0.2) is 4.57 Å². The number of rotatable bonds is 33. The van der Waals surface area contributed by atoms with Gasteiger partial charge < -0.3 is 24.4 Å². The molecule has 0 radical (unpaired) electrons. The lowest BCUT2D eigenvalue weighted by Crippen LogP contribution is -2.29. The average Bonchev–Trinajstić information content (AvgIpc) is 3.08. The summed E-state index contributed by atoms with van der Waals surface area (Å²) < 4.78 is 26.2. The van der Waals surface area contributed by atoms with E-state index < -0.39 is 38.6 Å². The molecule has 1 unspecified atom stereocenters. The number of unbranched alkanes of at least 4 members (excludes halogenated alkanes) is 11. The standard InChI is InChI=1S/C40H67O9P/c1-3-5-7-9-11-13-15-17-18-20-22-24-27-31-37(41)32-28-26-30-33-39(42)47-35-38(36-48-50(44,45)46)49-40(43)34-29-25-23-21-19-16-14-12-10-8-6-4-2/h5,7,11,13,17-18,22,24,26-28,31,37-38,41H,3-4,6,8-10,12,14-16,19-21,23,25,29-30,32-36H2,1-2H3,(H2,44,45,46)/b7-5-,13-11-,18-17-,24-22-,28-26-,31-27-/t37?,38-/m1/s1. The Hall–Kier alpha value is -2.55. The molecule has 0 aromatic carbocycles. The number of hydrogen-bond acceptors (Lipinski definition) is 7. The van der Waals surface area contributed by atoms with E-state index in [1.807, 2.05) is 18.2 Å². The molecule has 9 nitrogen and oxygen atoms in total. The van der Waals surface area contributed by atoms with E-state index in [4.69, 9.17) is 19.3 Å². The van der Waals surface area contributed by atoms with E-state index in [1.54, 1.807) is 18.2 Å². The first kappa shape index (κ1) is 47.4. The maximum absolute atomic E-state index is 12.3. The summed E-state index contributed by atoms with van der Waals surface area (Å²) in [6.07, 6.45) is 40.9. The van der Waals surface area contributed by atoms with Gasteiger partial charge in [0.1, 0.15) is 6.61 Å². The summed E-state index contributed by atoms with van der Waals surface area (Å²) in [5.74, 6) is -1.07. The molecule has 0 fully saturated rings. The van der Waals surface area contributed by atoms with Crippen molar-refractivity contribution in [2.24, 2.45) is 0 Å². The third kappa shape index (κ3) is 36.7. The minimum Gasteiger partial charge on any atom is -0.462 e. The van der Waals surface area contributed by atoms with Crippen LogP contribution >= 0.6 is 7.82 Å². The number of phosphoric acid groups is 1. The first-order valence-corrected chi connectivity index (χ1v) is 20.4. The van der Waals surface area contributed by atoms with Gasteiger partial charge in [0.2, 0.25) is 0 Å². The van der Waals surface area contributed by atoms with Crippen LogP contribution < -0.4 is 0 Å². The first-order valence-electron chi connectivity index (χ1n) is 18.8. The molecule has 0 aromatic rings. The zero-order valence-corrected chi connectivity index (χ0v) is 31.8. The lowest BCUT2D eigenvalue weighted by atomic mass is 10.0. The quantitative estimate of drug-likeness (QED) is 0.0198. The fourth-order valence-corrected chi connectivity index (χ4v) is 5.14. The zero-order chi connectivity index (χ0) is 37.0. The van der Waals surface area contributed by atoms with Crippen molar-refractivity contribution in [1.82, 2.24) is 0 Å². The van der Waals surface area contributed by atoms with E-state index in [0.717, 1.165) is 44.9 Å². The molecule has 0 aliphatic heterocycles. The Morgan fingerprint density at radius 3 is 1.78 bits per heavy atom. The van der Waals surface area contributed by atoms with Crippen molar-refractivity contribution in [2.45, 2.75) is 154 Å². The number of phosphoric ester groups is 1. The maximum Gasteiger partial charge on any atom is 0.469 e. The van der Waals surface area contributed by atoms with Crippen molar-refractivity contribution in [1.29, 1.82) is 0 Å². The molecule has 0 saturated heterocycles. The maximum atomic E-state index is 12.3. The number of esters is 2. The number of hydrogen-bond donors (Lipinski definition) is 3. The Bertz CT molecular complexity index is 1060. The van der Waals surface area contributed by atoms with E-state index in [2.05, 4.69) is 54.8 Å². The Morgan fingerprint density at radius 2 is 1.20 bits per heavy atom. The van der Waals surface area contributed by atoms with Crippen LogP contribution in [0.3, 0.4) is 0 Å². The number of allylic oxidation sites excluding steroid dienone is 10. The van der Waals surface area contributed by atoms with Crippen molar-refractivity contribution in [2.75, 3.05) is 13.2 Å². The van der Waals surface area contributed by atoms with Crippen LogP contribution in [0.4, 0.5) is 0 Å². The third-order valence-electron chi connectivity index (χ3n) is 7.58. The number of ether oxygens (including phenoxy) is 2.